The van der Waals surface area contributed by atoms with Crippen molar-refractivity contribution in [2.75, 3.05) is 26.2 Å². The van der Waals surface area contributed by atoms with Crippen LogP contribution in [0.25, 0.3) is 0 Å². The average Bonchev–Trinajstić information content (AvgIpc) is 3.10. The summed E-state index contributed by atoms with van der Waals surface area (Å²) in [6.45, 7) is 10.4. The maximum absolute atomic E-state index is 13.1. The van der Waals surface area contributed by atoms with Gasteiger partial charge in [-0.3, -0.25) is 9.69 Å². The number of rotatable bonds is 4. The molecular weight excluding hydrogens is 438 g/mol. The number of piperidine rings is 2. The van der Waals surface area contributed by atoms with E-state index in [4.69, 9.17) is 4.74 Å². The molecule has 2 spiro atoms. The first-order valence-electron chi connectivity index (χ1n) is 13.9. The van der Waals surface area contributed by atoms with Crippen molar-refractivity contribution in [3.63, 3.8) is 0 Å². The van der Waals surface area contributed by atoms with E-state index in [2.05, 4.69) is 52.8 Å². The second-order valence-electron chi connectivity index (χ2n) is 12.3. The van der Waals surface area contributed by atoms with Crippen LogP contribution in [0.5, 0.6) is 0 Å². The van der Waals surface area contributed by atoms with Gasteiger partial charge in [-0.15, -0.1) is 0 Å². The van der Waals surface area contributed by atoms with Crippen molar-refractivity contribution in [3.8, 4) is 0 Å². The van der Waals surface area contributed by atoms with Crippen molar-refractivity contribution in [1.82, 2.24) is 14.7 Å². The Morgan fingerprint density at radius 2 is 1.91 bits per heavy atom. The van der Waals surface area contributed by atoms with Crippen LogP contribution < -0.4 is 0 Å². The summed E-state index contributed by atoms with van der Waals surface area (Å²) in [7, 11) is 0. The minimum Gasteiger partial charge on any atom is -0.450 e. The summed E-state index contributed by atoms with van der Waals surface area (Å²) in [6.07, 6.45) is 7.49. The molecule has 3 aliphatic heterocycles. The first kappa shape index (κ1) is 23.3. The smallest absolute Gasteiger partial charge is 0.410 e. The predicted octanol–water partition coefficient (Wildman–Crippen LogP) is 4.56. The molecule has 1 aromatic carbocycles. The Bertz CT molecular complexity index is 1000. The Labute approximate surface area is 210 Å². The molecule has 2 amide bonds. The lowest BCUT2D eigenvalue weighted by Crippen LogP contribution is -2.54. The number of hydrogen-bond acceptors (Lipinski definition) is 4. The molecule has 2 aliphatic carbocycles. The van der Waals surface area contributed by atoms with E-state index in [1.54, 1.807) is 0 Å². The lowest BCUT2D eigenvalue weighted by Gasteiger charge is -2.50. The van der Waals surface area contributed by atoms with Gasteiger partial charge in [0.1, 0.15) is 0 Å². The van der Waals surface area contributed by atoms with Gasteiger partial charge < -0.3 is 14.5 Å². The van der Waals surface area contributed by atoms with Gasteiger partial charge >= 0.3 is 6.09 Å². The van der Waals surface area contributed by atoms with Crippen LogP contribution in [-0.4, -0.2) is 70.6 Å². The van der Waals surface area contributed by atoms with Gasteiger partial charge in [-0.25, -0.2) is 4.79 Å². The molecule has 1 aromatic rings. The number of likely N-dealkylation sites (tertiary alicyclic amines) is 2. The quantitative estimate of drug-likeness (QED) is 0.594. The van der Waals surface area contributed by atoms with Gasteiger partial charge in [-0.1, -0.05) is 38.1 Å². The molecule has 6 heteroatoms. The van der Waals surface area contributed by atoms with Gasteiger partial charge in [0, 0.05) is 31.0 Å². The molecule has 4 atom stereocenters. The predicted molar refractivity (Wildman–Crippen MR) is 135 cm³/mol. The van der Waals surface area contributed by atoms with Crippen LogP contribution >= 0.6 is 0 Å². The molecule has 2 saturated heterocycles. The Morgan fingerprint density at radius 1 is 1.14 bits per heavy atom. The molecular formula is C29H41N3O3. The highest BCUT2D eigenvalue weighted by Crippen LogP contribution is 2.65. The highest BCUT2D eigenvalue weighted by Gasteiger charge is 2.75. The fourth-order valence-electron chi connectivity index (χ4n) is 8.43. The van der Waals surface area contributed by atoms with Crippen LogP contribution in [0.4, 0.5) is 4.79 Å². The van der Waals surface area contributed by atoms with Crippen molar-refractivity contribution in [2.24, 2.45) is 11.8 Å². The van der Waals surface area contributed by atoms with Crippen LogP contribution in [0, 0.1) is 11.8 Å². The highest BCUT2D eigenvalue weighted by atomic mass is 16.6. The van der Waals surface area contributed by atoms with Gasteiger partial charge in [0.2, 0.25) is 5.91 Å². The Balaban J connectivity index is 1.16. The fraction of sp³-hybridized carbons (Fsp3) is 0.724. The van der Waals surface area contributed by atoms with Gasteiger partial charge in [0.25, 0.3) is 0 Å². The highest BCUT2D eigenvalue weighted by molar-refractivity contribution is 5.77. The first-order valence-corrected chi connectivity index (χ1v) is 13.9. The monoisotopic (exact) mass is 479 g/mol. The summed E-state index contributed by atoms with van der Waals surface area (Å²) in [5.74, 6) is 1.33. The van der Waals surface area contributed by atoms with Crippen molar-refractivity contribution in [3.05, 3.63) is 35.4 Å². The molecule has 190 valence electrons. The third-order valence-electron chi connectivity index (χ3n) is 10.00. The van der Waals surface area contributed by atoms with Crippen LogP contribution in [0.1, 0.15) is 76.8 Å². The third kappa shape index (κ3) is 3.61. The summed E-state index contributed by atoms with van der Waals surface area (Å²) in [5.41, 5.74) is 2.98. The number of nitrogens with zero attached hydrogens (tertiary/aromatic N) is 3. The number of fused-ring (bicyclic) bond motifs is 2. The molecule has 6 nitrogen and oxygen atoms in total. The molecule has 35 heavy (non-hydrogen) atoms. The number of benzene rings is 1. The number of amides is 2. The third-order valence-corrected chi connectivity index (χ3v) is 10.00. The molecule has 0 radical (unpaired) electrons. The van der Waals surface area contributed by atoms with E-state index >= 15 is 0 Å². The van der Waals surface area contributed by atoms with Gasteiger partial charge in [0.15, 0.2) is 0 Å². The van der Waals surface area contributed by atoms with Crippen LogP contribution in [0.2, 0.25) is 0 Å². The van der Waals surface area contributed by atoms with Crippen molar-refractivity contribution < 1.29 is 14.3 Å². The second kappa shape index (κ2) is 8.50. The van der Waals surface area contributed by atoms with E-state index in [1.165, 1.54) is 24.0 Å². The number of hydrogen-bond donors (Lipinski definition) is 0. The topological polar surface area (TPSA) is 52.9 Å². The minimum absolute atomic E-state index is 0.0732. The van der Waals surface area contributed by atoms with Crippen molar-refractivity contribution >= 4 is 12.0 Å². The molecule has 6 rings (SSSR count). The molecule has 0 N–H and O–H groups in total. The van der Waals surface area contributed by atoms with Crippen LogP contribution in [0.15, 0.2) is 24.3 Å². The maximum atomic E-state index is 13.1. The minimum atomic E-state index is -0.0922. The van der Waals surface area contributed by atoms with E-state index in [0.29, 0.717) is 42.9 Å². The average molecular weight is 480 g/mol. The van der Waals surface area contributed by atoms with Gasteiger partial charge in [0.05, 0.1) is 18.2 Å². The lowest BCUT2D eigenvalue weighted by molar-refractivity contribution is -0.134. The van der Waals surface area contributed by atoms with Crippen molar-refractivity contribution in [2.45, 2.75) is 95.3 Å². The zero-order valence-corrected chi connectivity index (χ0v) is 21.7. The van der Waals surface area contributed by atoms with Gasteiger partial charge in [-0.05, 0) is 81.5 Å². The fourth-order valence-corrected chi connectivity index (χ4v) is 8.43. The van der Waals surface area contributed by atoms with E-state index in [9.17, 15) is 9.59 Å². The molecule has 3 heterocycles. The van der Waals surface area contributed by atoms with Gasteiger partial charge in [-0.2, -0.15) is 0 Å². The van der Waals surface area contributed by atoms with Crippen LogP contribution in [0.3, 0.4) is 0 Å². The Morgan fingerprint density at radius 3 is 2.66 bits per heavy atom. The first-order chi connectivity index (χ1) is 16.9. The summed E-state index contributed by atoms with van der Waals surface area (Å²) in [4.78, 5) is 32.6. The zero-order valence-electron chi connectivity index (χ0n) is 21.7. The summed E-state index contributed by atoms with van der Waals surface area (Å²) >= 11 is 0. The zero-order chi connectivity index (χ0) is 24.4. The summed E-state index contributed by atoms with van der Waals surface area (Å²) < 4.78 is 5.39. The number of carbonyl (C=O) groups excluding carboxylic acids is 2. The SMILES string of the molecule is CCOC(=O)N1[C@@H]2CCC3CC(N4CCC5(CC4)CN(C(=O)CC(C)C)Cc4ccccc45)CC321. The largest absolute Gasteiger partial charge is 0.450 e. The second-order valence-corrected chi connectivity index (χ2v) is 12.3. The Kier molecular flexibility index (Phi) is 5.66. The molecule has 4 fully saturated rings. The van der Waals surface area contributed by atoms with Crippen molar-refractivity contribution in [1.29, 1.82) is 0 Å². The van der Waals surface area contributed by atoms with E-state index in [0.717, 1.165) is 51.9 Å². The standard InChI is InChI=1S/C29H41N3O3/c1-4-35-27(34)32-25-10-9-22-16-23(17-29(22,25)32)30-13-11-28(12-14-30)19-31(26(33)15-20(2)3)18-21-7-5-6-8-24(21)28/h5-8,20,22-23,25H,4,9-19H2,1-3H3/t22?,23?,25-,29?,32?/m1/s1. The van der Waals surface area contributed by atoms with E-state index < -0.39 is 0 Å². The Hall–Kier alpha value is -2.08. The molecule has 5 aliphatic rings. The molecule has 0 bridgehead atoms. The maximum Gasteiger partial charge on any atom is 0.410 e. The van der Waals surface area contributed by atoms with Crippen LogP contribution in [-0.2, 0) is 21.5 Å². The summed E-state index contributed by atoms with van der Waals surface area (Å²) in [5, 5.41) is 0. The van der Waals surface area contributed by atoms with E-state index in [1.807, 2.05) is 6.92 Å². The normalized spacial score (nSPS) is 33.0. The molecule has 3 unspecified atom stereocenters. The number of carbonyl (C=O) groups is 2. The molecule has 0 aromatic heterocycles. The number of ether oxygens (including phenoxy) is 1. The van der Waals surface area contributed by atoms with E-state index in [-0.39, 0.29) is 17.0 Å². The lowest BCUT2D eigenvalue weighted by atomic mass is 9.68. The summed E-state index contributed by atoms with van der Waals surface area (Å²) in [6, 6.07) is 9.83. The molecule has 2 saturated carbocycles.